The number of aliphatic hydroxyl groups is 1. The summed E-state index contributed by atoms with van der Waals surface area (Å²) < 4.78 is 41.8. The van der Waals surface area contributed by atoms with Crippen LogP contribution in [0.15, 0.2) is 30.6 Å². The van der Waals surface area contributed by atoms with Crippen LogP contribution in [-0.4, -0.2) is 42.7 Å². The summed E-state index contributed by atoms with van der Waals surface area (Å²) in [6.45, 7) is 4.55. The summed E-state index contributed by atoms with van der Waals surface area (Å²) in [6.07, 6.45) is 2.39. The van der Waals surface area contributed by atoms with E-state index in [0.29, 0.717) is 19.4 Å². The lowest BCUT2D eigenvalue weighted by Gasteiger charge is -2.20. The standard InChI is InChI=1S/C22H30FN5O4S/c1-22(2)9-17(15-5-3-4-6-16(15)22)28-21-19(23)20(26-12-27-21)25-10-13-7-14(18(29)8-13)11-32-33(24,30)31/h3-6,12-14,17-18,29H,7-11H2,1-2H3,(H2,24,30,31)(H2,25,26,27,28)/t13-,14+,17+,18+/m1/s1. The third kappa shape index (κ3) is 5.43. The van der Waals surface area contributed by atoms with Crippen LogP contribution in [-0.2, 0) is 19.9 Å². The molecule has 0 spiro atoms. The minimum atomic E-state index is -4.05. The molecule has 1 aromatic heterocycles. The van der Waals surface area contributed by atoms with Gasteiger partial charge in [-0.05, 0) is 41.7 Å². The molecule has 1 aromatic carbocycles. The van der Waals surface area contributed by atoms with Crippen LogP contribution in [0.5, 0.6) is 0 Å². The number of nitrogens with two attached hydrogens (primary N) is 1. The molecule has 33 heavy (non-hydrogen) atoms. The molecule has 4 rings (SSSR count). The van der Waals surface area contributed by atoms with Crippen molar-refractivity contribution >= 4 is 21.9 Å². The monoisotopic (exact) mass is 479 g/mol. The van der Waals surface area contributed by atoms with Crippen molar-refractivity contribution in [3.8, 4) is 0 Å². The van der Waals surface area contributed by atoms with Gasteiger partial charge < -0.3 is 15.7 Å². The third-order valence-corrected chi connectivity index (χ3v) is 7.10. The van der Waals surface area contributed by atoms with E-state index in [1.807, 2.05) is 12.1 Å². The largest absolute Gasteiger partial charge is 0.393 e. The molecule has 2 aliphatic carbocycles. The summed E-state index contributed by atoms with van der Waals surface area (Å²) >= 11 is 0. The molecule has 1 fully saturated rings. The van der Waals surface area contributed by atoms with E-state index < -0.39 is 22.2 Å². The molecule has 2 aliphatic rings. The Kier molecular flexibility index (Phi) is 6.59. The van der Waals surface area contributed by atoms with E-state index in [1.54, 1.807) is 0 Å². The Morgan fingerprint density at radius 3 is 2.73 bits per heavy atom. The van der Waals surface area contributed by atoms with Crippen LogP contribution in [0.2, 0.25) is 0 Å². The first-order chi connectivity index (χ1) is 15.5. The highest BCUT2D eigenvalue weighted by molar-refractivity contribution is 7.84. The van der Waals surface area contributed by atoms with E-state index in [2.05, 4.69) is 50.8 Å². The Labute approximate surface area is 193 Å². The molecule has 0 unspecified atom stereocenters. The van der Waals surface area contributed by atoms with E-state index in [9.17, 15) is 13.5 Å². The van der Waals surface area contributed by atoms with Gasteiger partial charge in [0.1, 0.15) is 6.33 Å². The van der Waals surface area contributed by atoms with Gasteiger partial charge in [-0.3, -0.25) is 4.18 Å². The molecule has 0 radical (unpaired) electrons. The predicted molar refractivity (Wildman–Crippen MR) is 122 cm³/mol. The second-order valence-electron chi connectivity index (χ2n) is 9.58. The van der Waals surface area contributed by atoms with E-state index in [4.69, 9.17) is 5.14 Å². The molecule has 5 N–H and O–H groups in total. The summed E-state index contributed by atoms with van der Waals surface area (Å²) in [6, 6.07) is 8.11. The van der Waals surface area contributed by atoms with Gasteiger partial charge in [0.2, 0.25) is 5.82 Å². The van der Waals surface area contributed by atoms with Gasteiger partial charge in [0.05, 0.1) is 18.8 Å². The van der Waals surface area contributed by atoms with Gasteiger partial charge in [-0.1, -0.05) is 38.1 Å². The van der Waals surface area contributed by atoms with Crippen molar-refractivity contribution in [1.29, 1.82) is 0 Å². The third-order valence-electron chi connectivity index (χ3n) is 6.64. The first-order valence-corrected chi connectivity index (χ1v) is 12.5. The minimum Gasteiger partial charge on any atom is -0.393 e. The number of anilines is 2. The van der Waals surface area contributed by atoms with Crippen LogP contribution in [0.25, 0.3) is 0 Å². The maximum Gasteiger partial charge on any atom is 0.333 e. The van der Waals surface area contributed by atoms with Crippen molar-refractivity contribution in [1.82, 2.24) is 9.97 Å². The van der Waals surface area contributed by atoms with Gasteiger partial charge in [0, 0.05) is 12.5 Å². The van der Waals surface area contributed by atoms with Crippen LogP contribution in [0.1, 0.15) is 50.3 Å². The fraction of sp³-hybridized carbons (Fsp3) is 0.545. The van der Waals surface area contributed by atoms with Crippen LogP contribution in [0.4, 0.5) is 16.0 Å². The zero-order valence-corrected chi connectivity index (χ0v) is 19.5. The van der Waals surface area contributed by atoms with Crippen LogP contribution >= 0.6 is 0 Å². The molecule has 0 aliphatic heterocycles. The first kappa shape index (κ1) is 23.8. The summed E-state index contributed by atoms with van der Waals surface area (Å²) in [7, 11) is -4.05. The van der Waals surface area contributed by atoms with Crippen molar-refractivity contribution < 1.29 is 22.1 Å². The van der Waals surface area contributed by atoms with Gasteiger partial charge in [0.25, 0.3) is 0 Å². The van der Waals surface area contributed by atoms with Gasteiger partial charge in [-0.2, -0.15) is 12.8 Å². The number of halogens is 1. The summed E-state index contributed by atoms with van der Waals surface area (Å²) in [4.78, 5) is 8.15. The quantitative estimate of drug-likeness (QED) is 0.453. The second kappa shape index (κ2) is 9.13. The maximum absolute atomic E-state index is 15.2. The van der Waals surface area contributed by atoms with Gasteiger partial charge in [0.15, 0.2) is 11.6 Å². The number of benzene rings is 1. The van der Waals surface area contributed by atoms with E-state index in [1.165, 1.54) is 11.9 Å². The highest BCUT2D eigenvalue weighted by atomic mass is 32.2. The normalized spacial score (nSPS) is 26.2. The SMILES string of the molecule is CC1(C)C[C@H](Nc2ncnc(NC[C@@H]3C[C@@H](COS(N)(=O)=O)[C@@H](O)C3)c2F)c2ccccc21. The molecule has 4 atom stereocenters. The summed E-state index contributed by atoms with van der Waals surface area (Å²) in [5.74, 6) is -0.698. The number of hydrogen-bond acceptors (Lipinski definition) is 8. The maximum atomic E-state index is 15.2. The first-order valence-electron chi connectivity index (χ1n) is 11.0. The molecule has 0 amide bonds. The fourth-order valence-electron chi connectivity index (χ4n) is 5.02. The van der Waals surface area contributed by atoms with Crippen molar-refractivity contribution in [2.45, 2.75) is 50.7 Å². The summed E-state index contributed by atoms with van der Waals surface area (Å²) in [5, 5.41) is 21.3. The summed E-state index contributed by atoms with van der Waals surface area (Å²) in [5.41, 5.74) is 2.37. The molecule has 2 aromatic rings. The van der Waals surface area contributed by atoms with E-state index in [-0.39, 0.29) is 41.5 Å². The molecule has 180 valence electrons. The Hall–Kier alpha value is -2.34. The molecule has 11 heteroatoms. The van der Waals surface area contributed by atoms with Gasteiger partial charge >= 0.3 is 10.3 Å². The van der Waals surface area contributed by atoms with Gasteiger partial charge in [-0.25, -0.2) is 15.1 Å². The minimum absolute atomic E-state index is 0.00219. The smallest absolute Gasteiger partial charge is 0.333 e. The lowest BCUT2D eigenvalue weighted by atomic mass is 9.86. The van der Waals surface area contributed by atoms with Crippen LogP contribution in [0, 0.1) is 17.7 Å². The average molecular weight is 480 g/mol. The van der Waals surface area contributed by atoms with Crippen molar-refractivity contribution in [3.63, 3.8) is 0 Å². The van der Waals surface area contributed by atoms with Crippen LogP contribution < -0.4 is 15.8 Å². The topological polar surface area (TPSA) is 139 Å². The highest BCUT2D eigenvalue weighted by Crippen LogP contribution is 2.45. The number of hydrogen-bond donors (Lipinski definition) is 4. The average Bonchev–Trinajstić information content (AvgIpc) is 3.23. The molecular weight excluding hydrogens is 449 g/mol. The number of aromatic nitrogens is 2. The lowest BCUT2D eigenvalue weighted by Crippen LogP contribution is -2.24. The lowest BCUT2D eigenvalue weighted by molar-refractivity contribution is 0.100. The molecule has 1 saturated carbocycles. The number of fused-ring (bicyclic) bond motifs is 1. The van der Waals surface area contributed by atoms with E-state index in [0.717, 1.165) is 12.0 Å². The van der Waals surface area contributed by atoms with Crippen LogP contribution in [0.3, 0.4) is 0 Å². The molecular formula is C22H30FN5O4S. The Balaban J connectivity index is 1.39. The van der Waals surface area contributed by atoms with Crippen molar-refractivity contribution in [2.75, 3.05) is 23.8 Å². The molecule has 0 bridgehead atoms. The molecule has 1 heterocycles. The highest BCUT2D eigenvalue weighted by Gasteiger charge is 2.37. The second-order valence-corrected chi connectivity index (χ2v) is 10.8. The zero-order valence-electron chi connectivity index (χ0n) is 18.7. The number of nitrogens with zero attached hydrogens (tertiary/aromatic N) is 2. The zero-order chi connectivity index (χ0) is 23.8. The van der Waals surface area contributed by atoms with Gasteiger partial charge in [-0.15, -0.1) is 0 Å². The Bertz CT molecular complexity index is 1110. The molecule has 0 saturated heterocycles. The number of rotatable bonds is 8. The fourth-order valence-corrected chi connectivity index (χ4v) is 5.38. The van der Waals surface area contributed by atoms with E-state index >= 15 is 4.39 Å². The predicted octanol–water partition coefficient (Wildman–Crippen LogP) is 2.47. The Morgan fingerprint density at radius 1 is 1.24 bits per heavy atom. The number of nitrogens with one attached hydrogen (secondary N) is 2. The van der Waals surface area contributed by atoms with Crippen molar-refractivity contribution in [2.24, 2.45) is 17.0 Å². The molecule has 9 nitrogen and oxygen atoms in total. The Morgan fingerprint density at radius 2 is 1.97 bits per heavy atom. The van der Waals surface area contributed by atoms with Crippen molar-refractivity contribution in [3.05, 3.63) is 47.5 Å². The number of aliphatic hydroxyl groups excluding tert-OH is 1.